The van der Waals surface area contributed by atoms with Crippen LogP contribution in [0.5, 0.6) is 0 Å². The quantitative estimate of drug-likeness (QED) is 0.747. The minimum atomic E-state index is -0.703. The summed E-state index contributed by atoms with van der Waals surface area (Å²) >= 11 is 9.62. The van der Waals surface area contributed by atoms with Gasteiger partial charge in [0.15, 0.2) is 0 Å². The van der Waals surface area contributed by atoms with E-state index in [-0.39, 0.29) is 0 Å². The molecule has 2 aromatic rings. The Morgan fingerprint density at radius 1 is 1.10 bits per heavy atom. The van der Waals surface area contributed by atoms with Crippen LogP contribution < -0.4 is 0 Å². The van der Waals surface area contributed by atoms with Crippen LogP contribution in [0.4, 0.5) is 0 Å². The summed E-state index contributed by atoms with van der Waals surface area (Å²) in [5.41, 5.74) is 2.87. The van der Waals surface area contributed by atoms with E-state index in [9.17, 15) is 5.11 Å². The number of aliphatic hydroxyl groups is 1. The van der Waals surface area contributed by atoms with E-state index in [1.165, 1.54) is 5.56 Å². The molecule has 0 saturated heterocycles. The molecule has 0 fully saturated rings. The van der Waals surface area contributed by atoms with Crippen molar-refractivity contribution in [3.8, 4) is 0 Å². The molecular formula is C17H18BrClO. The van der Waals surface area contributed by atoms with Crippen LogP contribution in [0.1, 0.15) is 49.0 Å². The maximum Gasteiger partial charge on any atom is 0.106 e. The Kier molecular flexibility index (Phi) is 5.25. The number of rotatable bonds is 4. The standard InChI is InChI=1S/C17H18BrClO/c1-3-11(2)12-7-9-13(10-8-12)17(20)14-5-4-6-15(18)16(14)19/h4-11,17,20H,3H2,1-2H3. The highest BCUT2D eigenvalue weighted by atomic mass is 79.9. The van der Waals surface area contributed by atoms with Gasteiger partial charge < -0.3 is 5.11 Å². The van der Waals surface area contributed by atoms with E-state index in [2.05, 4.69) is 41.9 Å². The van der Waals surface area contributed by atoms with Crippen molar-refractivity contribution < 1.29 is 5.11 Å². The van der Waals surface area contributed by atoms with Crippen LogP contribution in [0.25, 0.3) is 0 Å². The van der Waals surface area contributed by atoms with Crippen LogP contribution in [-0.2, 0) is 0 Å². The molecule has 0 radical (unpaired) electrons. The van der Waals surface area contributed by atoms with Crippen molar-refractivity contribution in [2.75, 3.05) is 0 Å². The first-order chi connectivity index (χ1) is 9.54. The van der Waals surface area contributed by atoms with Gasteiger partial charge in [-0.3, -0.25) is 0 Å². The molecule has 0 saturated carbocycles. The van der Waals surface area contributed by atoms with Gasteiger partial charge in [-0.05, 0) is 45.5 Å². The van der Waals surface area contributed by atoms with Gasteiger partial charge in [-0.2, -0.15) is 0 Å². The summed E-state index contributed by atoms with van der Waals surface area (Å²) in [6.07, 6.45) is 0.408. The second-order valence-corrected chi connectivity index (χ2v) is 6.25. The van der Waals surface area contributed by atoms with Gasteiger partial charge in [-0.15, -0.1) is 0 Å². The molecule has 0 heterocycles. The molecule has 0 aromatic heterocycles. The van der Waals surface area contributed by atoms with Crippen LogP contribution in [0, 0.1) is 0 Å². The second-order valence-electron chi connectivity index (χ2n) is 5.02. The summed E-state index contributed by atoms with van der Waals surface area (Å²) in [5, 5.41) is 11.0. The van der Waals surface area contributed by atoms with Crippen molar-refractivity contribution in [1.82, 2.24) is 0 Å². The Labute approximate surface area is 133 Å². The average Bonchev–Trinajstić information content (AvgIpc) is 2.48. The first-order valence-electron chi connectivity index (χ1n) is 6.76. The molecular weight excluding hydrogens is 336 g/mol. The molecule has 0 aliphatic rings. The number of hydrogen-bond acceptors (Lipinski definition) is 1. The molecule has 0 aliphatic carbocycles. The third kappa shape index (κ3) is 3.25. The normalized spacial score (nSPS) is 14.1. The molecule has 2 aromatic carbocycles. The van der Waals surface area contributed by atoms with E-state index in [1.54, 1.807) is 0 Å². The SMILES string of the molecule is CCC(C)c1ccc(C(O)c2cccc(Br)c2Cl)cc1. The van der Waals surface area contributed by atoms with E-state index >= 15 is 0 Å². The number of aliphatic hydroxyl groups excluding tert-OH is 1. The van der Waals surface area contributed by atoms with Crippen LogP contribution in [0.3, 0.4) is 0 Å². The maximum absolute atomic E-state index is 10.5. The number of hydrogen-bond donors (Lipinski definition) is 1. The summed E-state index contributed by atoms with van der Waals surface area (Å²) < 4.78 is 0.798. The van der Waals surface area contributed by atoms with Gasteiger partial charge in [0, 0.05) is 10.0 Å². The Morgan fingerprint density at radius 2 is 1.70 bits per heavy atom. The monoisotopic (exact) mass is 352 g/mol. The van der Waals surface area contributed by atoms with Crippen molar-refractivity contribution in [2.24, 2.45) is 0 Å². The third-order valence-electron chi connectivity index (χ3n) is 3.71. The zero-order chi connectivity index (χ0) is 14.7. The zero-order valence-corrected chi connectivity index (χ0v) is 13.9. The molecule has 2 unspecified atom stereocenters. The largest absolute Gasteiger partial charge is 0.384 e. The summed E-state index contributed by atoms with van der Waals surface area (Å²) in [6, 6.07) is 13.7. The summed E-state index contributed by atoms with van der Waals surface area (Å²) in [7, 11) is 0. The zero-order valence-electron chi connectivity index (χ0n) is 11.6. The summed E-state index contributed by atoms with van der Waals surface area (Å²) in [6.45, 7) is 4.38. The predicted octanol–water partition coefficient (Wildman–Crippen LogP) is 5.70. The molecule has 3 heteroatoms. The van der Waals surface area contributed by atoms with Gasteiger partial charge in [0.05, 0.1) is 5.02 Å². The lowest BCUT2D eigenvalue weighted by Gasteiger charge is -2.15. The van der Waals surface area contributed by atoms with Crippen molar-refractivity contribution in [3.63, 3.8) is 0 Å². The molecule has 106 valence electrons. The fraction of sp³-hybridized carbons (Fsp3) is 0.294. The molecule has 0 bridgehead atoms. The Hall–Kier alpha value is -0.830. The summed E-state index contributed by atoms with van der Waals surface area (Å²) in [5.74, 6) is 0.538. The van der Waals surface area contributed by atoms with Crippen LogP contribution in [0.2, 0.25) is 5.02 Å². The Balaban J connectivity index is 2.29. The molecule has 2 rings (SSSR count). The maximum atomic E-state index is 10.5. The van der Waals surface area contributed by atoms with E-state index in [4.69, 9.17) is 11.6 Å². The highest BCUT2D eigenvalue weighted by Crippen LogP contribution is 2.33. The molecule has 1 N–H and O–H groups in total. The van der Waals surface area contributed by atoms with Gasteiger partial charge in [0.2, 0.25) is 0 Å². The smallest absolute Gasteiger partial charge is 0.106 e. The lowest BCUT2D eigenvalue weighted by molar-refractivity contribution is 0.220. The van der Waals surface area contributed by atoms with Gasteiger partial charge in [-0.25, -0.2) is 0 Å². The molecule has 1 nitrogen and oxygen atoms in total. The highest BCUT2D eigenvalue weighted by molar-refractivity contribution is 9.10. The van der Waals surface area contributed by atoms with Gasteiger partial charge in [0.1, 0.15) is 6.10 Å². The lowest BCUT2D eigenvalue weighted by atomic mass is 9.95. The molecule has 0 amide bonds. The first kappa shape index (κ1) is 15.6. The van der Waals surface area contributed by atoms with E-state index in [0.29, 0.717) is 10.9 Å². The molecule has 20 heavy (non-hydrogen) atoms. The molecule has 0 spiro atoms. The Morgan fingerprint density at radius 3 is 2.30 bits per heavy atom. The van der Waals surface area contributed by atoms with Gasteiger partial charge in [-0.1, -0.05) is 61.8 Å². The minimum absolute atomic E-state index is 0.538. The molecule has 0 aliphatic heterocycles. The van der Waals surface area contributed by atoms with Crippen molar-refractivity contribution in [1.29, 1.82) is 0 Å². The topological polar surface area (TPSA) is 20.2 Å². The van der Waals surface area contributed by atoms with Crippen LogP contribution in [-0.4, -0.2) is 5.11 Å². The van der Waals surface area contributed by atoms with Gasteiger partial charge in [0.25, 0.3) is 0 Å². The first-order valence-corrected chi connectivity index (χ1v) is 7.93. The van der Waals surface area contributed by atoms with E-state index in [0.717, 1.165) is 22.0 Å². The average molecular weight is 354 g/mol. The van der Waals surface area contributed by atoms with Crippen LogP contribution >= 0.6 is 27.5 Å². The molecule has 2 atom stereocenters. The minimum Gasteiger partial charge on any atom is -0.384 e. The van der Waals surface area contributed by atoms with Crippen molar-refractivity contribution in [3.05, 3.63) is 68.7 Å². The third-order valence-corrected chi connectivity index (χ3v) is 5.02. The van der Waals surface area contributed by atoms with Crippen molar-refractivity contribution in [2.45, 2.75) is 32.3 Å². The van der Waals surface area contributed by atoms with Crippen LogP contribution in [0.15, 0.2) is 46.9 Å². The second kappa shape index (κ2) is 6.75. The fourth-order valence-corrected chi connectivity index (χ4v) is 2.76. The van der Waals surface area contributed by atoms with E-state index < -0.39 is 6.10 Å². The Bertz CT molecular complexity index is 580. The number of benzene rings is 2. The number of halogens is 2. The van der Waals surface area contributed by atoms with E-state index in [1.807, 2.05) is 30.3 Å². The highest BCUT2D eigenvalue weighted by Gasteiger charge is 2.15. The summed E-state index contributed by atoms with van der Waals surface area (Å²) in [4.78, 5) is 0. The predicted molar refractivity (Wildman–Crippen MR) is 88.4 cm³/mol. The van der Waals surface area contributed by atoms with Gasteiger partial charge >= 0.3 is 0 Å². The lowest BCUT2D eigenvalue weighted by Crippen LogP contribution is -2.01. The fourth-order valence-electron chi connectivity index (χ4n) is 2.15. The van der Waals surface area contributed by atoms with Crippen molar-refractivity contribution >= 4 is 27.5 Å².